The summed E-state index contributed by atoms with van der Waals surface area (Å²) >= 11 is 0. The number of nitrogens with zero attached hydrogens (tertiary/aromatic N) is 3. The minimum atomic E-state index is 0.696. The Morgan fingerprint density at radius 3 is 1.91 bits per heavy atom. The lowest BCUT2D eigenvalue weighted by Crippen LogP contribution is -2.13. The smallest absolute Gasteiger partial charge is 0.144 e. The molecule has 1 aromatic carbocycles. The van der Waals surface area contributed by atoms with E-state index in [1.165, 1.54) is 88.9 Å². The maximum Gasteiger partial charge on any atom is 0.144 e. The third-order valence-corrected chi connectivity index (χ3v) is 5.96. The molecule has 0 aliphatic heterocycles. The number of hydrogen-bond acceptors (Lipinski definition) is 3. The van der Waals surface area contributed by atoms with Gasteiger partial charge in [0.05, 0.1) is 11.7 Å². The number of para-hydroxylation sites is 1. The van der Waals surface area contributed by atoms with Crippen LogP contribution in [-0.2, 0) is 6.42 Å². The zero-order valence-corrected chi connectivity index (χ0v) is 21.1. The van der Waals surface area contributed by atoms with E-state index in [4.69, 9.17) is 4.84 Å². The average molecular weight is 452 g/mol. The zero-order valence-electron chi connectivity index (χ0n) is 21.1. The third kappa shape index (κ3) is 11.9. The molecule has 0 radical (unpaired) electrons. The maximum absolute atomic E-state index is 5.50. The molecule has 4 heteroatoms. The quantitative estimate of drug-likeness (QED) is 0.206. The van der Waals surface area contributed by atoms with Crippen molar-refractivity contribution in [3.63, 3.8) is 0 Å². The molecule has 2 aromatic heterocycles. The Kier molecular flexibility index (Phi) is 14.8. The summed E-state index contributed by atoms with van der Waals surface area (Å²) in [5, 5.41) is 1.20. The highest BCUT2D eigenvalue weighted by Gasteiger charge is 2.02. The van der Waals surface area contributed by atoms with Gasteiger partial charge in [0, 0.05) is 24.2 Å². The second-order valence-electron chi connectivity index (χ2n) is 8.78. The van der Waals surface area contributed by atoms with E-state index in [0.717, 1.165) is 17.8 Å². The van der Waals surface area contributed by atoms with E-state index < -0.39 is 0 Å². The van der Waals surface area contributed by atoms with Crippen LogP contribution in [0.5, 0.6) is 0 Å². The summed E-state index contributed by atoms with van der Waals surface area (Å²) in [6.07, 6.45) is 24.7. The van der Waals surface area contributed by atoms with E-state index in [1.807, 2.05) is 54.5 Å². The van der Waals surface area contributed by atoms with Crippen LogP contribution in [0.3, 0.4) is 0 Å². The molecular formula is C29H45N3O. The van der Waals surface area contributed by atoms with Crippen LogP contribution in [0.25, 0.3) is 10.9 Å². The van der Waals surface area contributed by atoms with Crippen LogP contribution in [0.15, 0.2) is 55.0 Å². The van der Waals surface area contributed by atoms with Crippen molar-refractivity contribution in [2.24, 2.45) is 0 Å². The summed E-state index contributed by atoms with van der Waals surface area (Å²) in [5.41, 5.74) is 1.06. The van der Waals surface area contributed by atoms with Crippen molar-refractivity contribution in [3.8, 4) is 0 Å². The SMILES string of the molecule is CCCCCCCCCCCCCCCc1nccn1OCC.c1ccc2ncccc2c1. The molecule has 0 N–H and O–H groups in total. The molecule has 3 aromatic rings. The second kappa shape index (κ2) is 18.1. The van der Waals surface area contributed by atoms with Gasteiger partial charge in [-0.05, 0) is 25.5 Å². The number of fused-ring (bicyclic) bond motifs is 1. The number of aromatic nitrogens is 3. The highest BCUT2D eigenvalue weighted by atomic mass is 16.7. The van der Waals surface area contributed by atoms with Gasteiger partial charge in [0.1, 0.15) is 12.4 Å². The molecule has 0 saturated heterocycles. The fourth-order valence-corrected chi connectivity index (χ4v) is 4.07. The summed E-state index contributed by atoms with van der Waals surface area (Å²) in [6, 6.07) is 12.1. The van der Waals surface area contributed by atoms with Crippen molar-refractivity contribution in [1.29, 1.82) is 0 Å². The van der Waals surface area contributed by atoms with Crippen molar-refractivity contribution in [2.45, 2.75) is 104 Å². The predicted molar refractivity (Wildman–Crippen MR) is 140 cm³/mol. The van der Waals surface area contributed by atoms with Crippen molar-refractivity contribution < 1.29 is 4.84 Å². The summed E-state index contributed by atoms with van der Waals surface area (Å²) < 4.78 is 1.82. The zero-order chi connectivity index (χ0) is 23.4. The van der Waals surface area contributed by atoms with Gasteiger partial charge < -0.3 is 4.84 Å². The molecule has 0 aliphatic carbocycles. The van der Waals surface area contributed by atoms with Gasteiger partial charge in [-0.3, -0.25) is 4.98 Å². The molecule has 0 bridgehead atoms. The monoisotopic (exact) mass is 451 g/mol. The number of pyridine rings is 1. The lowest BCUT2D eigenvalue weighted by molar-refractivity contribution is 0.114. The fourth-order valence-electron chi connectivity index (χ4n) is 4.07. The van der Waals surface area contributed by atoms with Crippen LogP contribution in [0.4, 0.5) is 0 Å². The lowest BCUT2D eigenvalue weighted by atomic mass is 10.0. The molecule has 0 spiro atoms. The van der Waals surface area contributed by atoms with Crippen LogP contribution in [0, 0.1) is 0 Å². The molecule has 0 saturated carbocycles. The molecule has 2 heterocycles. The highest BCUT2D eigenvalue weighted by Crippen LogP contribution is 2.13. The van der Waals surface area contributed by atoms with Gasteiger partial charge in [0.25, 0.3) is 0 Å². The van der Waals surface area contributed by atoms with Crippen LogP contribution >= 0.6 is 0 Å². The van der Waals surface area contributed by atoms with E-state index in [2.05, 4.69) is 29.0 Å². The van der Waals surface area contributed by atoms with E-state index in [-0.39, 0.29) is 0 Å². The molecule has 0 fully saturated rings. The summed E-state index contributed by atoms with van der Waals surface area (Å²) in [5.74, 6) is 1.06. The van der Waals surface area contributed by atoms with E-state index in [0.29, 0.717) is 6.61 Å². The number of rotatable bonds is 16. The molecular weight excluding hydrogens is 406 g/mol. The van der Waals surface area contributed by atoms with Gasteiger partial charge in [-0.15, -0.1) is 0 Å². The van der Waals surface area contributed by atoms with E-state index in [1.54, 1.807) is 0 Å². The van der Waals surface area contributed by atoms with Gasteiger partial charge >= 0.3 is 0 Å². The van der Waals surface area contributed by atoms with Gasteiger partial charge in [-0.25, -0.2) is 4.98 Å². The number of aryl methyl sites for hydroxylation is 1. The third-order valence-electron chi connectivity index (χ3n) is 5.96. The van der Waals surface area contributed by atoms with Crippen LogP contribution in [0.1, 0.15) is 103 Å². The maximum atomic E-state index is 5.50. The Balaban J connectivity index is 0.000000315. The topological polar surface area (TPSA) is 39.9 Å². The molecule has 0 unspecified atom stereocenters. The Labute approximate surface area is 201 Å². The summed E-state index contributed by atoms with van der Waals surface area (Å²) in [7, 11) is 0. The lowest BCUT2D eigenvalue weighted by Gasteiger charge is -2.07. The Hall–Kier alpha value is -2.36. The first-order valence-corrected chi connectivity index (χ1v) is 13.3. The number of benzene rings is 1. The normalized spacial score (nSPS) is 10.7. The Morgan fingerprint density at radius 2 is 1.27 bits per heavy atom. The molecule has 182 valence electrons. The minimum Gasteiger partial charge on any atom is -0.413 e. The number of hydrogen-bond donors (Lipinski definition) is 0. The van der Waals surface area contributed by atoms with Gasteiger partial charge in [0.15, 0.2) is 0 Å². The Bertz CT molecular complexity index is 780. The fraction of sp³-hybridized carbons (Fsp3) is 0.586. The highest BCUT2D eigenvalue weighted by molar-refractivity contribution is 5.77. The molecule has 3 rings (SSSR count). The standard InChI is InChI=1S/C20H38N2O.C9H7N/c1-3-5-6-7-8-9-10-11-12-13-14-15-16-17-20-21-18-19-22(20)23-4-2;1-2-6-9-8(4-1)5-3-7-10-9/h18-19H,3-17H2,1-2H3;1-7H. The first-order chi connectivity index (χ1) is 16.3. The molecule has 0 aliphatic rings. The first kappa shape index (κ1) is 26.9. The Morgan fingerprint density at radius 1 is 0.667 bits per heavy atom. The number of unbranched alkanes of at least 4 members (excludes halogenated alkanes) is 12. The van der Waals surface area contributed by atoms with E-state index in [9.17, 15) is 0 Å². The van der Waals surface area contributed by atoms with Crippen LogP contribution in [-0.4, -0.2) is 21.3 Å². The number of imidazole rings is 1. The van der Waals surface area contributed by atoms with Crippen molar-refractivity contribution in [3.05, 3.63) is 60.8 Å². The van der Waals surface area contributed by atoms with Gasteiger partial charge in [0.2, 0.25) is 0 Å². The first-order valence-electron chi connectivity index (χ1n) is 13.3. The van der Waals surface area contributed by atoms with Gasteiger partial charge in [-0.2, -0.15) is 4.73 Å². The molecule has 33 heavy (non-hydrogen) atoms. The van der Waals surface area contributed by atoms with E-state index >= 15 is 0 Å². The van der Waals surface area contributed by atoms with Crippen molar-refractivity contribution >= 4 is 10.9 Å². The predicted octanol–water partition coefficient (Wildman–Crippen LogP) is 8.20. The summed E-state index contributed by atoms with van der Waals surface area (Å²) in [6.45, 7) is 4.99. The molecule has 0 amide bonds. The summed E-state index contributed by atoms with van der Waals surface area (Å²) in [4.78, 5) is 14.0. The minimum absolute atomic E-state index is 0.696. The second-order valence-corrected chi connectivity index (χ2v) is 8.78. The van der Waals surface area contributed by atoms with Crippen molar-refractivity contribution in [2.75, 3.05) is 6.61 Å². The van der Waals surface area contributed by atoms with Crippen molar-refractivity contribution in [1.82, 2.24) is 14.7 Å². The van der Waals surface area contributed by atoms with Gasteiger partial charge in [-0.1, -0.05) is 108 Å². The average Bonchev–Trinajstić information content (AvgIpc) is 3.30. The molecule has 0 atom stereocenters. The van der Waals surface area contributed by atoms with Crippen LogP contribution in [0.2, 0.25) is 0 Å². The largest absolute Gasteiger partial charge is 0.413 e. The molecule has 4 nitrogen and oxygen atoms in total. The van der Waals surface area contributed by atoms with Crippen LogP contribution < -0.4 is 4.84 Å².